The fourth-order valence-corrected chi connectivity index (χ4v) is 2.73. The summed E-state index contributed by atoms with van der Waals surface area (Å²) >= 11 is 0. The third-order valence-electron chi connectivity index (χ3n) is 3.88. The minimum Gasteiger partial charge on any atom is -0.481 e. The van der Waals surface area contributed by atoms with E-state index in [1.54, 1.807) is 0 Å². The average Bonchev–Trinajstić information content (AvgIpc) is 2.47. The summed E-state index contributed by atoms with van der Waals surface area (Å²) in [4.78, 5) is 23.2. The number of carboxylic acids is 1. The average molecular weight is 297 g/mol. The van der Waals surface area contributed by atoms with Gasteiger partial charge in [-0.3, -0.25) is 9.59 Å². The molecule has 1 aromatic rings. The molecule has 0 radical (unpaired) electrons. The van der Waals surface area contributed by atoms with Gasteiger partial charge in [-0.15, -0.1) is 0 Å². The predicted molar refractivity (Wildman–Crippen MR) is 71.3 cm³/mol. The van der Waals surface area contributed by atoms with Crippen LogP contribution in [-0.4, -0.2) is 17.0 Å². The molecule has 21 heavy (non-hydrogen) atoms. The van der Waals surface area contributed by atoms with Crippen molar-refractivity contribution in [2.75, 3.05) is 0 Å². The molecule has 0 saturated heterocycles. The number of carbonyl (C=O) groups is 2. The lowest BCUT2D eigenvalue weighted by molar-refractivity contribution is -0.148. The summed E-state index contributed by atoms with van der Waals surface area (Å²) in [5.41, 5.74) is 0.0473. The number of hydrogen-bond donors (Lipinski definition) is 2. The molecule has 2 atom stereocenters. The maximum atomic E-state index is 13.5. The van der Waals surface area contributed by atoms with Crippen molar-refractivity contribution in [1.82, 2.24) is 5.32 Å². The Morgan fingerprint density at radius 3 is 2.52 bits per heavy atom. The quantitative estimate of drug-likeness (QED) is 0.897. The van der Waals surface area contributed by atoms with E-state index in [4.69, 9.17) is 5.11 Å². The van der Waals surface area contributed by atoms with Gasteiger partial charge >= 0.3 is 5.97 Å². The number of nitrogens with one attached hydrogen (secondary N) is 1. The number of hydrogen-bond acceptors (Lipinski definition) is 2. The monoisotopic (exact) mass is 297 g/mol. The molecule has 0 unspecified atom stereocenters. The molecule has 6 heteroatoms. The molecule has 1 aliphatic rings. The Hall–Kier alpha value is -1.98. The van der Waals surface area contributed by atoms with Crippen LogP contribution < -0.4 is 5.32 Å². The first-order valence-electron chi connectivity index (χ1n) is 6.93. The number of carbonyl (C=O) groups excluding carboxylic acids is 1. The van der Waals surface area contributed by atoms with Gasteiger partial charge in [0, 0.05) is 12.1 Å². The molecule has 114 valence electrons. The van der Waals surface area contributed by atoms with E-state index in [1.165, 1.54) is 0 Å². The van der Waals surface area contributed by atoms with Crippen molar-refractivity contribution in [3.63, 3.8) is 0 Å². The molecule has 0 aliphatic heterocycles. The zero-order valence-corrected chi connectivity index (χ0v) is 11.4. The molecule has 4 nitrogen and oxygen atoms in total. The molecule has 1 saturated carbocycles. The highest BCUT2D eigenvalue weighted by molar-refractivity contribution is 5.84. The maximum absolute atomic E-state index is 13.5. The lowest BCUT2D eigenvalue weighted by Gasteiger charge is -2.27. The van der Waals surface area contributed by atoms with Gasteiger partial charge in [-0.05, 0) is 31.0 Å². The van der Waals surface area contributed by atoms with E-state index in [1.807, 2.05) is 0 Å². The molecule has 0 heterocycles. The Balaban J connectivity index is 2.00. The Kier molecular flexibility index (Phi) is 4.88. The highest BCUT2D eigenvalue weighted by atomic mass is 19.1. The highest BCUT2D eigenvalue weighted by Gasteiger charge is 2.35. The minimum absolute atomic E-state index is 0.0473. The Bertz CT molecular complexity index is 548. The molecule has 1 aromatic carbocycles. The number of benzene rings is 1. The van der Waals surface area contributed by atoms with E-state index in [2.05, 4.69) is 5.32 Å². The fraction of sp³-hybridized carbons (Fsp3) is 0.467. The van der Waals surface area contributed by atoms with Gasteiger partial charge in [-0.25, -0.2) is 8.78 Å². The molecule has 2 N–H and O–H groups in total. The summed E-state index contributed by atoms with van der Waals surface area (Å²) < 4.78 is 26.5. The molecule has 2 rings (SSSR count). The normalized spacial score (nSPS) is 21.8. The molecule has 0 aromatic heterocycles. The van der Waals surface area contributed by atoms with Crippen molar-refractivity contribution < 1.29 is 23.5 Å². The highest BCUT2D eigenvalue weighted by Crippen LogP contribution is 2.30. The Morgan fingerprint density at radius 1 is 1.19 bits per heavy atom. The molecular weight excluding hydrogens is 280 g/mol. The summed E-state index contributed by atoms with van der Waals surface area (Å²) in [7, 11) is 0. The van der Waals surface area contributed by atoms with Gasteiger partial charge in [0.2, 0.25) is 5.91 Å². The van der Waals surface area contributed by atoms with Crippen LogP contribution in [0.5, 0.6) is 0 Å². The first-order valence-corrected chi connectivity index (χ1v) is 6.93. The van der Waals surface area contributed by atoms with Crippen LogP contribution in [0.1, 0.15) is 31.2 Å². The van der Waals surface area contributed by atoms with Crippen LogP contribution in [0.25, 0.3) is 0 Å². The third kappa shape index (κ3) is 3.77. The molecule has 0 spiro atoms. The van der Waals surface area contributed by atoms with Gasteiger partial charge in [0.25, 0.3) is 0 Å². The fourth-order valence-electron chi connectivity index (χ4n) is 2.73. The summed E-state index contributed by atoms with van der Waals surface area (Å²) in [6.45, 7) is -0.148. The first kappa shape index (κ1) is 15.4. The number of aliphatic carboxylic acids is 1. The minimum atomic E-state index is -0.980. The molecule has 1 amide bonds. The summed E-state index contributed by atoms with van der Waals surface area (Å²) in [5, 5.41) is 11.6. The van der Waals surface area contributed by atoms with E-state index in [0.717, 1.165) is 31.0 Å². The number of amides is 1. The number of carboxylic acid groups (broad SMARTS) is 1. The topological polar surface area (TPSA) is 66.4 Å². The van der Waals surface area contributed by atoms with Crippen LogP contribution in [0.3, 0.4) is 0 Å². The summed E-state index contributed by atoms with van der Waals surface area (Å²) in [6, 6.07) is 3.02. The van der Waals surface area contributed by atoms with Gasteiger partial charge in [0.05, 0.1) is 11.8 Å². The van der Waals surface area contributed by atoms with Gasteiger partial charge in [0.1, 0.15) is 11.6 Å². The molecular formula is C15H17F2NO3. The summed E-state index contributed by atoms with van der Waals surface area (Å²) in [5.74, 6) is -3.88. The van der Waals surface area contributed by atoms with E-state index >= 15 is 0 Å². The lowest BCUT2D eigenvalue weighted by atomic mass is 9.78. The van der Waals surface area contributed by atoms with E-state index in [-0.39, 0.29) is 12.1 Å². The van der Waals surface area contributed by atoms with Gasteiger partial charge < -0.3 is 10.4 Å². The maximum Gasteiger partial charge on any atom is 0.307 e. The van der Waals surface area contributed by atoms with Crippen LogP contribution >= 0.6 is 0 Å². The second kappa shape index (κ2) is 6.65. The second-order valence-corrected chi connectivity index (χ2v) is 5.29. The Labute approximate surface area is 121 Å². The zero-order valence-electron chi connectivity index (χ0n) is 11.4. The van der Waals surface area contributed by atoms with Gasteiger partial charge in [0.15, 0.2) is 0 Å². The Morgan fingerprint density at radius 2 is 1.86 bits per heavy atom. The molecule has 1 fully saturated rings. The van der Waals surface area contributed by atoms with E-state index in [0.29, 0.717) is 12.8 Å². The van der Waals surface area contributed by atoms with Crippen molar-refractivity contribution in [2.45, 2.75) is 32.2 Å². The van der Waals surface area contributed by atoms with Crippen LogP contribution in [0.15, 0.2) is 18.2 Å². The number of halogens is 2. The smallest absolute Gasteiger partial charge is 0.307 e. The second-order valence-electron chi connectivity index (χ2n) is 5.29. The van der Waals surface area contributed by atoms with Crippen molar-refractivity contribution in [3.05, 3.63) is 35.4 Å². The molecule has 1 aliphatic carbocycles. The standard InChI is InChI=1S/C15H17F2NO3/c16-10-5-6-13(17)9(7-10)8-18-14(19)11-3-1-2-4-12(11)15(20)21/h5-7,11-12H,1-4,8H2,(H,18,19)(H,20,21)/t11-,12-/m1/s1. The predicted octanol–water partition coefficient (Wildman–Crippen LogP) is 2.47. The summed E-state index contributed by atoms with van der Waals surface area (Å²) in [6.07, 6.45) is 2.58. The van der Waals surface area contributed by atoms with E-state index < -0.39 is 35.3 Å². The third-order valence-corrected chi connectivity index (χ3v) is 3.88. The molecule has 0 bridgehead atoms. The van der Waals surface area contributed by atoms with Crippen LogP contribution in [0.2, 0.25) is 0 Å². The van der Waals surface area contributed by atoms with Crippen LogP contribution in [0.4, 0.5) is 8.78 Å². The van der Waals surface area contributed by atoms with Gasteiger partial charge in [-0.2, -0.15) is 0 Å². The first-order chi connectivity index (χ1) is 9.99. The van der Waals surface area contributed by atoms with E-state index in [9.17, 15) is 18.4 Å². The van der Waals surface area contributed by atoms with Crippen molar-refractivity contribution in [2.24, 2.45) is 11.8 Å². The number of rotatable bonds is 4. The van der Waals surface area contributed by atoms with Crippen LogP contribution in [-0.2, 0) is 16.1 Å². The van der Waals surface area contributed by atoms with Crippen molar-refractivity contribution in [3.8, 4) is 0 Å². The lowest BCUT2D eigenvalue weighted by Crippen LogP contribution is -2.39. The van der Waals surface area contributed by atoms with Gasteiger partial charge in [-0.1, -0.05) is 12.8 Å². The zero-order chi connectivity index (χ0) is 15.4. The SMILES string of the molecule is O=C(O)[C@@H]1CCCC[C@H]1C(=O)NCc1cc(F)ccc1F. The van der Waals surface area contributed by atoms with Crippen LogP contribution in [0, 0.1) is 23.5 Å². The largest absolute Gasteiger partial charge is 0.481 e. The van der Waals surface area contributed by atoms with Crippen molar-refractivity contribution in [1.29, 1.82) is 0 Å². The van der Waals surface area contributed by atoms with Crippen molar-refractivity contribution >= 4 is 11.9 Å².